The van der Waals surface area contributed by atoms with Crippen LogP contribution in [0.1, 0.15) is 64.9 Å². The summed E-state index contributed by atoms with van der Waals surface area (Å²) in [5.74, 6) is 0.748. The molecule has 7 nitrogen and oxygen atoms in total. The van der Waals surface area contributed by atoms with Gasteiger partial charge in [0.05, 0.1) is 13.7 Å². The van der Waals surface area contributed by atoms with Gasteiger partial charge in [-0.05, 0) is 38.0 Å². The summed E-state index contributed by atoms with van der Waals surface area (Å²) >= 11 is 0. The van der Waals surface area contributed by atoms with Crippen LogP contribution in [0.2, 0.25) is 0 Å². The van der Waals surface area contributed by atoms with Crippen LogP contribution >= 0.6 is 0 Å². The highest BCUT2D eigenvalue weighted by molar-refractivity contribution is 6.06. The molecule has 1 aromatic carbocycles. The van der Waals surface area contributed by atoms with Crippen molar-refractivity contribution in [1.29, 1.82) is 0 Å². The normalized spacial score (nSPS) is 19.7. The van der Waals surface area contributed by atoms with Gasteiger partial charge in [-0.15, -0.1) is 0 Å². The summed E-state index contributed by atoms with van der Waals surface area (Å²) in [6.07, 6.45) is 8.85. The van der Waals surface area contributed by atoms with E-state index in [1.165, 1.54) is 6.42 Å². The third kappa shape index (κ3) is 6.72. The van der Waals surface area contributed by atoms with Gasteiger partial charge in [-0.1, -0.05) is 57.2 Å². The van der Waals surface area contributed by atoms with Crippen LogP contribution in [0, 0.1) is 0 Å². The molecule has 0 bridgehead atoms. The third-order valence-electron chi connectivity index (χ3n) is 5.50. The fourth-order valence-corrected chi connectivity index (χ4v) is 3.71. The number of aliphatic hydroxyl groups excluding tert-OH is 1. The van der Waals surface area contributed by atoms with Crippen molar-refractivity contribution >= 4 is 18.0 Å². The van der Waals surface area contributed by atoms with Gasteiger partial charge in [-0.2, -0.15) is 0 Å². The Morgan fingerprint density at radius 3 is 2.61 bits per heavy atom. The molecule has 0 aliphatic carbocycles. The van der Waals surface area contributed by atoms with Crippen molar-refractivity contribution in [3.8, 4) is 11.5 Å². The molecule has 1 aromatic rings. The molecule has 2 atom stereocenters. The third-order valence-corrected chi connectivity index (χ3v) is 5.50. The summed E-state index contributed by atoms with van der Waals surface area (Å²) < 4.78 is 11.0. The smallest absolute Gasteiger partial charge is 0.325 e. The number of nitrogens with zero attached hydrogens (tertiary/aromatic N) is 1. The Balaban J connectivity index is 1.89. The number of rotatable bonds is 13. The first-order valence-electron chi connectivity index (χ1n) is 11.1. The lowest BCUT2D eigenvalue weighted by atomic mass is 9.94. The largest absolute Gasteiger partial charge is 0.493 e. The lowest BCUT2D eigenvalue weighted by Crippen LogP contribution is -2.45. The van der Waals surface area contributed by atoms with Gasteiger partial charge in [-0.25, -0.2) is 4.79 Å². The number of hydrogen-bond acceptors (Lipinski definition) is 5. The second kappa shape index (κ2) is 11.7. The van der Waals surface area contributed by atoms with E-state index in [1.807, 2.05) is 31.2 Å². The molecule has 31 heavy (non-hydrogen) atoms. The number of methoxy groups -OCH3 is 1. The Labute approximate surface area is 185 Å². The van der Waals surface area contributed by atoms with Crippen LogP contribution in [-0.2, 0) is 4.79 Å². The number of benzene rings is 1. The van der Waals surface area contributed by atoms with E-state index in [4.69, 9.17) is 9.47 Å². The van der Waals surface area contributed by atoms with Gasteiger partial charge in [0.15, 0.2) is 11.5 Å². The molecule has 0 spiro atoms. The van der Waals surface area contributed by atoms with Gasteiger partial charge in [0.25, 0.3) is 5.91 Å². The molecule has 2 rings (SSSR count). The van der Waals surface area contributed by atoms with Crippen LogP contribution in [0.15, 0.2) is 24.3 Å². The monoisotopic (exact) mass is 432 g/mol. The van der Waals surface area contributed by atoms with Gasteiger partial charge in [0.2, 0.25) is 0 Å². The van der Waals surface area contributed by atoms with E-state index in [1.54, 1.807) is 20.1 Å². The number of β-amino-alcohol motifs (C(OH)–C–C–N with tert-alkyl or cyclic N) is 1. The van der Waals surface area contributed by atoms with E-state index < -0.39 is 17.7 Å². The fourth-order valence-electron chi connectivity index (χ4n) is 3.71. The minimum atomic E-state index is -1.01. The molecule has 0 aromatic heterocycles. The number of carbonyl (C=O) groups excluding carboxylic acids is 2. The number of urea groups is 1. The van der Waals surface area contributed by atoms with Crippen LogP contribution in [0.25, 0.3) is 6.08 Å². The molecule has 2 unspecified atom stereocenters. The molecule has 1 saturated heterocycles. The number of imide groups is 1. The highest BCUT2D eigenvalue weighted by Gasteiger charge is 2.47. The molecule has 0 radical (unpaired) electrons. The first-order valence-corrected chi connectivity index (χ1v) is 11.1. The Kier molecular flexibility index (Phi) is 9.37. The van der Waals surface area contributed by atoms with Crippen molar-refractivity contribution in [3.05, 3.63) is 29.8 Å². The van der Waals surface area contributed by atoms with E-state index in [0.29, 0.717) is 17.9 Å². The number of carbonyl (C=O) groups is 2. The molecule has 1 heterocycles. The Morgan fingerprint density at radius 2 is 1.94 bits per heavy atom. The van der Waals surface area contributed by atoms with Crippen LogP contribution in [-0.4, -0.2) is 53.8 Å². The molecule has 3 amide bonds. The lowest BCUT2D eigenvalue weighted by molar-refractivity contribution is -0.132. The zero-order valence-corrected chi connectivity index (χ0v) is 19.1. The Morgan fingerprint density at radius 1 is 1.19 bits per heavy atom. The van der Waals surface area contributed by atoms with Crippen molar-refractivity contribution in [2.75, 3.05) is 20.3 Å². The van der Waals surface area contributed by atoms with Gasteiger partial charge < -0.3 is 19.9 Å². The van der Waals surface area contributed by atoms with Gasteiger partial charge in [-0.3, -0.25) is 9.69 Å². The molecule has 2 N–H and O–H groups in total. The van der Waals surface area contributed by atoms with E-state index >= 15 is 0 Å². The lowest BCUT2D eigenvalue weighted by Gasteiger charge is -2.22. The highest BCUT2D eigenvalue weighted by atomic mass is 16.5. The van der Waals surface area contributed by atoms with Crippen LogP contribution in [0.5, 0.6) is 11.5 Å². The zero-order chi connectivity index (χ0) is 22.9. The van der Waals surface area contributed by atoms with Crippen LogP contribution in [0.3, 0.4) is 0 Å². The molecule has 1 aliphatic heterocycles. The molecule has 172 valence electrons. The van der Waals surface area contributed by atoms with Crippen molar-refractivity contribution < 1.29 is 24.2 Å². The fraction of sp³-hybridized carbons (Fsp3) is 0.583. The summed E-state index contributed by atoms with van der Waals surface area (Å²) in [6.45, 7) is 5.66. The van der Waals surface area contributed by atoms with E-state index in [-0.39, 0.29) is 19.1 Å². The first-order chi connectivity index (χ1) is 14.8. The summed E-state index contributed by atoms with van der Waals surface area (Å²) in [6, 6.07) is 5.02. The molecule has 7 heteroatoms. The minimum absolute atomic E-state index is 0.0654. The molecular weight excluding hydrogens is 396 g/mol. The summed E-state index contributed by atoms with van der Waals surface area (Å²) in [5, 5.41) is 13.2. The van der Waals surface area contributed by atoms with Crippen molar-refractivity contribution in [2.24, 2.45) is 0 Å². The first kappa shape index (κ1) is 24.7. The van der Waals surface area contributed by atoms with Gasteiger partial charge in [0, 0.05) is 0 Å². The maximum absolute atomic E-state index is 12.8. The second-order valence-corrected chi connectivity index (χ2v) is 8.22. The SMILES string of the molecule is C/C=C/c1ccc(OCC(O)CN2C(=O)NC(C)(CCCCCCC)C2=O)c(OC)c1. The number of unbranched alkanes of at least 4 members (excludes halogenated alkanes) is 4. The minimum Gasteiger partial charge on any atom is -0.493 e. The molecule has 1 aliphatic rings. The number of nitrogens with one attached hydrogen (secondary N) is 1. The van der Waals surface area contributed by atoms with E-state index in [9.17, 15) is 14.7 Å². The second-order valence-electron chi connectivity index (χ2n) is 8.22. The quantitative estimate of drug-likeness (QED) is 0.361. The summed E-state index contributed by atoms with van der Waals surface area (Å²) in [7, 11) is 1.55. The maximum atomic E-state index is 12.8. The average molecular weight is 433 g/mol. The zero-order valence-electron chi connectivity index (χ0n) is 19.1. The maximum Gasteiger partial charge on any atom is 0.325 e. The van der Waals surface area contributed by atoms with E-state index in [0.717, 1.165) is 36.1 Å². The number of allylic oxidation sites excluding steroid dienone is 1. The number of amides is 3. The molecular formula is C24H36N2O5. The van der Waals surface area contributed by atoms with E-state index in [2.05, 4.69) is 12.2 Å². The number of aliphatic hydroxyl groups is 1. The van der Waals surface area contributed by atoms with Crippen molar-refractivity contribution in [2.45, 2.75) is 70.9 Å². The summed E-state index contributed by atoms with van der Waals surface area (Å²) in [5.41, 5.74) is 0.0657. The van der Waals surface area contributed by atoms with Crippen molar-refractivity contribution in [1.82, 2.24) is 10.2 Å². The predicted octanol–water partition coefficient (Wildman–Crippen LogP) is 4.14. The van der Waals surface area contributed by atoms with Crippen molar-refractivity contribution in [3.63, 3.8) is 0 Å². The average Bonchev–Trinajstić information content (AvgIpc) is 2.96. The number of hydrogen-bond donors (Lipinski definition) is 2. The van der Waals surface area contributed by atoms with Crippen LogP contribution < -0.4 is 14.8 Å². The molecule has 1 fully saturated rings. The summed E-state index contributed by atoms with van der Waals surface area (Å²) in [4.78, 5) is 26.3. The Bertz CT molecular complexity index is 779. The topological polar surface area (TPSA) is 88.1 Å². The standard InChI is InChI=1S/C24H36N2O5/c1-5-7-8-9-10-14-24(3)22(28)26(23(29)25-24)16-19(27)17-31-20-13-12-18(11-6-2)15-21(20)30-4/h6,11-13,15,19,27H,5,7-10,14,16-17H2,1-4H3,(H,25,29)/b11-6+. The Hall–Kier alpha value is -2.54. The van der Waals surface area contributed by atoms with Crippen LogP contribution in [0.4, 0.5) is 4.79 Å². The van der Waals surface area contributed by atoms with Gasteiger partial charge >= 0.3 is 6.03 Å². The number of ether oxygens (including phenoxy) is 2. The van der Waals surface area contributed by atoms with Gasteiger partial charge in [0.1, 0.15) is 18.2 Å². The highest BCUT2D eigenvalue weighted by Crippen LogP contribution is 2.29. The predicted molar refractivity (Wildman–Crippen MR) is 121 cm³/mol. The molecule has 0 saturated carbocycles.